The summed E-state index contributed by atoms with van der Waals surface area (Å²) in [6.45, 7) is 4.89. The lowest BCUT2D eigenvalue weighted by Crippen LogP contribution is -2.40. The van der Waals surface area contributed by atoms with Gasteiger partial charge in [0.2, 0.25) is 18.0 Å². The van der Waals surface area contributed by atoms with Gasteiger partial charge in [0.1, 0.15) is 4.66 Å². The molecule has 0 aliphatic carbocycles. The summed E-state index contributed by atoms with van der Waals surface area (Å²) in [6, 6.07) is 15.1. The van der Waals surface area contributed by atoms with E-state index >= 15 is 0 Å². The molecule has 1 aliphatic rings. The molecule has 0 unspecified atom stereocenters. The van der Waals surface area contributed by atoms with Crippen molar-refractivity contribution < 1.29 is 23.6 Å². The van der Waals surface area contributed by atoms with Crippen LogP contribution in [0.1, 0.15) is 19.7 Å². The first-order valence-corrected chi connectivity index (χ1v) is 12.1. The molecule has 35 heavy (non-hydrogen) atoms. The molecular formula is C26H24N3O5S+. The highest BCUT2D eigenvalue weighted by Crippen LogP contribution is 2.38. The molecule has 178 valence electrons. The molecule has 4 aromatic rings. The third kappa shape index (κ3) is 4.15. The Labute approximate surface area is 204 Å². The van der Waals surface area contributed by atoms with E-state index in [4.69, 9.17) is 9.15 Å². The van der Waals surface area contributed by atoms with E-state index < -0.39 is 5.97 Å². The van der Waals surface area contributed by atoms with Crippen LogP contribution >= 0.6 is 11.3 Å². The topological polar surface area (TPSA) is 88.8 Å². The second-order valence-electron chi connectivity index (χ2n) is 7.87. The van der Waals surface area contributed by atoms with E-state index in [-0.39, 0.29) is 12.1 Å². The van der Waals surface area contributed by atoms with Gasteiger partial charge in [0.15, 0.2) is 5.75 Å². The number of carboxylic acids is 1. The summed E-state index contributed by atoms with van der Waals surface area (Å²) in [4.78, 5) is 26.7. The third-order valence-electron chi connectivity index (χ3n) is 5.76. The zero-order chi connectivity index (χ0) is 24.5. The Balaban J connectivity index is 1.61. The number of benzene rings is 2. The highest BCUT2D eigenvalue weighted by atomic mass is 32.1. The monoisotopic (exact) mass is 490 g/mol. The van der Waals surface area contributed by atoms with Crippen LogP contribution in [0.4, 0.5) is 5.69 Å². The molecule has 0 spiro atoms. The standard InChI is InChI=1S/C26H23N3O5S/c1-3-27-17-9-5-7-11-19(17)33-22(27)14-13-21-26(32)28(4-2)24(35-21)15-23-29(16-25(30)31)18-10-6-8-12-20(18)34-23/h5-15H,3-4,16H2,1-2H3/p+1/b21-13-,22-14+. The Kier molecular flexibility index (Phi) is 6.00. The molecule has 8 nitrogen and oxygen atoms in total. The van der Waals surface area contributed by atoms with Gasteiger partial charge in [-0.2, -0.15) is 0 Å². The quantitative estimate of drug-likeness (QED) is 0.418. The maximum atomic E-state index is 13.1. The zero-order valence-electron chi connectivity index (χ0n) is 19.3. The number of rotatable bonds is 6. The normalized spacial score (nSPS) is 15.3. The number of ether oxygens (including phenoxy) is 1. The number of fused-ring (bicyclic) bond motifs is 2. The summed E-state index contributed by atoms with van der Waals surface area (Å²) in [5, 5.41) is 9.41. The molecule has 9 heteroatoms. The number of hydrogen-bond donors (Lipinski definition) is 1. The van der Waals surface area contributed by atoms with Crippen molar-refractivity contribution in [3.05, 3.63) is 85.9 Å². The average Bonchev–Trinajstić information content (AvgIpc) is 3.48. The number of anilines is 1. The van der Waals surface area contributed by atoms with Crippen molar-refractivity contribution >= 4 is 46.2 Å². The molecule has 0 amide bonds. The molecule has 0 saturated heterocycles. The molecule has 0 saturated carbocycles. The number of allylic oxidation sites excluding steroid dienone is 1. The van der Waals surface area contributed by atoms with Gasteiger partial charge in [0.05, 0.1) is 16.3 Å². The van der Waals surface area contributed by atoms with Gasteiger partial charge >= 0.3 is 11.9 Å². The van der Waals surface area contributed by atoms with Crippen LogP contribution in [0.3, 0.4) is 0 Å². The fourth-order valence-corrected chi connectivity index (χ4v) is 5.21. The van der Waals surface area contributed by atoms with Gasteiger partial charge in [0.25, 0.3) is 11.1 Å². The molecule has 5 rings (SSSR count). The Morgan fingerprint density at radius 1 is 1.09 bits per heavy atom. The van der Waals surface area contributed by atoms with E-state index in [0.29, 0.717) is 38.6 Å². The number of nitrogens with zero attached hydrogens (tertiary/aromatic N) is 3. The van der Waals surface area contributed by atoms with Crippen molar-refractivity contribution in [2.24, 2.45) is 0 Å². The zero-order valence-corrected chi connectivity index (χ0v) is 20.1. The van der Waals surface area contributed by atoms with Crippen molar-refractivity contribution in [3.8, 4) is 5.75 Å². The van der Waals surface area contributed by atoms with Crippen LogP contribution in [0.2, 0.25) is 0 Å². The Bertz CT molecular complexity index is 1640. The number of hydrogen-bond acceptors (Lipinski definition) is 6. The third-order valence-corrected chi connectivity index (χ3v) is 6.84. The molecule has 0 fully saturated rings. The van der Waals surface area contributed by atoms with Gasteiger partial charge in [-0.1, -0.05) is 24.3 Å². The number of thiazole rings is 1. The summed E-state index contributed by atoms with van der Waals surface area (Å²) in [7, 11) is 0. The first kappa shape index (κ1) is 22.7. The van der Waals surface area contributed by atoms with Crippen molar-refractivity contribution in [3.63, 3.8) is 0 Å². The van der Waals surface area contributed by atoms with E-state index in [1.165, 1.54) is 11.3 Å². The Morgan fingerprint density at radius 2 is 1.86 bits per heavy atom. The van der Waals surface area contributed by atoms with Crippen LogP contribution in [-0.2, 0) is 17.9 Å². The average molecular weight is 491 g/mol. The summed E-state index contributed by atoms with van der Waals surface area (Å²) >= 11 is 1.32. The lowest BCUT2D eigenvalue weighted by atomic mass is 10.3. The van der Waals surface area contributed by atoms with Gasteiger partial charge in [-0.25, -0.2) is 4.79 Å². The van der Waals surface area contributed by atoms with Crippen LogP contribution in [-0.4, -0.2) is 22.2 Å². The number of aliphatic carboxylic acids is 1. The molecule has 0 bridgehead atoms. The van der Waals surface area contributed by atoms with Gasteiger partial charge in [0, 0.05) is 25.2 Å². The van der Waals surface area contributed by atoms with Gasteiger partial charge < -0.3 is 19.2 Å². The van der Waals surface area contributed by atoms with E-state index in [1.807, 2.05) is 67.3 Å². The summed E-state index contributed by atoms with van der Waals surface area (Å²) < 4.78 is 16.4. The van der Waals surface area contributed by atoms with E-state index in [0.717, 1.165) is 18.0 Å². The lowest BCUT2D eigenvalue weighted by Gasteiger charge is -2.14. The highest BCUT2D eigenvalue weighted by molar-refractivity contribution is 7.07. The SMILES string of the molecule is CCN1/C(=C\C=c2/sc(=Cc3oc4ccccc4[n+]3CC(=O)O)n(CC)c2=O)Oc2ccccc21. The van der Waals surface area contributed by atoms with E-state index in [1.54, 1.807) is 27.4 Å². The highest BCUT2D eigenvalue weighted by Gasteiger charge is 2.25. The maximum absolute atomic E-state index is 13.1. The fourth-order valence-electron chi connectivity index (χ4n) is 4.17. The van der Waals surface area contributed by atoms with Gasteiger partial charge in [-0.05, 0) is 38.1 Å². The molecule has 0 atom stereocenters. The number of carbonyl (C=O) groups is 1. The fraction of sp³-hybridized carbons (Fsp3) is 0.192. The van der Waals surface area contributed by atoms with Crippen molar-refractivity contribution in [1.82, 2.24) is 4.57 Å². The maximum Gasteiger partial charge on any atom is 0.377 e. The molecular weight excluding hydrogens is 466 g/mol. The summed E-state index contributed by atoms with van der Waals surface area (Å²) in [5.41, 5.74) is 2.13. The van der Waals surface area contributed by atoms with E-state index in [9.17, 15) is 14.7 Å². The molecule has 1 N–H and O–H groups in total. The Morgan fingerprint density at radius 3 is 2.63 bits per heavy atom. The minimum atomic E-state index is -0.978. The number of oxazole rings is 1. The summed E-state index contributed by atoms with van der Waals surface area (Å²) in [5.74, 6) is 0.836. The molecule has 0 radical (unpaired) electrons. The van der Waals surface area contributed by atoms with Crippen molar-refractivity contribution in [2.45, 2.75) is 26.9 Å². The second-order valence-corrected chi connectivity index (χ2v) is 8.93. The van der Waals surface area contributed by atoms with Gasteiger partial charge in [-0.15, -0.1) is 15.9 Å². The molecule has 3 heterocycles. The van der Waals surface area contributed by atoms with Crippen LogP contribution in [0.5, 0.6) is 5.75 Å². The largest absolute Gasteiger partial charge is 0.477 e. The Hall–Kier alpha value is -4.11. The second kappa shape index (κ2) is 9.27. The van der Waals surface area contributed by atoms with Crippen LogP contribution in [0, 0.1) is 0 Å². The first-order valence-electron chi connectivity index (χ1n) is 11.3. The van der Waals surface area contributed by atoms with Crippen molar-refractivity contribution in [1.29, 1.82) is 0 Å². The number of carboxylic acid groups (broad SMARTS) is 1. The molecule has 2 aromatic heterocycles. The number of aromatic nitrogens is 2. The first-order chi connectivity index (χ1) is 17.0. The molecule has 1 aliphatic heterocycles. The van der Waals surface area contributed by atoms with Crippen LogP contribution in [0.25, 0.3) is 23.3 Å². The van der Waals surface area contributed by atoms with Gasteiger partial charge in [-0.3, -0.25) is 9.36 Å². The smallest absolute Gasteiger partial charge is 0.377 e. The van der Waals surface area contributed by atoms with Crippen LogP contribution in [0.15, 0.2) is 69.7 Å². The predicted molar refractivity (Wildman–Crippen MR) is 134 cm³/mol. The van der Waals surface area contributed by atoms with E-state index in [2.05, 4.69) is 0 Å². The molecule has 2 aromatic carbocycles. The predicted octanol–water partition coefficient (Wildman–Crippen LogP) is 2.42. The number of para-hydroxylation sites is 4. The van der Waals surface area contributed by atoms with Crippen molar-refractivity contribution in [2.75, 3.05) is 11.4 Å². The summed E-state index contributed by atoms with van der Waals surface area (Å²) in [6.07, 6.45) is 5.31. The lowest BCUT2D eigenvalue weighted by molar-refractivity contribution is -0.666. The van der Waals surface area contributed by atoms with Crippen LogP contribution < -0.4 is 29.0 Å². The minimum Gasteiger partial charge on any atom is -0.477 e. The minimum absolute atomic E-state index is 0.125.